The molecule has 0 atom stereocenters. The van der Waals surface area contributed by atoms with Crippen molar-refractivity contribution in [3.05, 3.63) is 54.1 Å². The third kappa shape index (κ3) is 3.07. The monoisotopic (exact) mass is 257 g/mol. The number of para-hydroxylation sites is 1. The van der Waals surface area contributed by atoms with Gasteiger partial charge < -0.3 is 9.64 Å². The normalized spacial score (nSPS) is 10.0. The Morgan fingerprint density at radius 2 is 2.11 bits per heavy atom. The lowest BCUT2D eigenvalue weighted by atomic mass is 10.2. The van der Waals surface area contributed by atoms with Gasteiger partial charge in [0.2, 0.25) is 0 Å². The van der Waals surface area contributed by atoms with Gasteiger partial charge in [-0.05, 0) is 6.07 Å². The second-order valence-corrected chi connectivity index (χ2v) is 4.06. The van der Waals surface area contributed by atoms with Crippen molar-refractivity contribution < 1.29 is 9.53 Å². The molecule has 0 bridgehead atoms. The van der Waals surface area contributed by atoms with Gasteiger partial charge in [0.1, 0.15) is 11.4 Å². The highest BCUT2D eigenvalue weighted by Gasteiger charge is 2.14. The standard InChI is InChI=1S/C14H15N3O2/c1-17(14(18)12-9-15-7-8-16-12)10-11-5-3-4-6-13(11)19-2/h3-9H,10H2,1-2H3. The first-order valence-electron chi connectivity index (χ1n) is 5.85. The lowest BCUT2D eigenvalue weighted by molar-refractivity contribution is 0.0778. The SMILES string of the molecule is COc1ccccc1CN(C)C(=O)c1cnccn1. The Kier molecular flexibility index (Phi) is 4.07. The van der Waals surface area contributed by atoms with Crippen LogP contribution in [0.15, 0.2) is 42.9 Å². The van der Waals surface area contributed by atoms with Crippen LogP contribution < -0.4 is 4.74 Å². The largest absolute Gasteiger partial charge is 0.496 e. The maximum absolute atomic E-state index is 12.1. The first-order valence-corrected chi connectivity index (χ1v) is 5.85. The average Bonchev–Trinajstić information content (AvgIpc) is 2.48. The van der Waals surface area contributed by atoms with Gasteiger partial charge in [-0.1, -0.05) is 18.2 Å². The van der Waals surface area contributed by atoms with Crippen LogP contribution in [0.2, 0.25) is 0 Å². The molecule has 5 nitrogen and oxygen atoms in total. The lowest BCUT2D eigenvalue weighted by Gasteiger charge is -2.18. The molecular weight excluding hydrogens is 242 g/mol. The Bertz CT molecular complexity index is 558. The Labute approximate surface area is 111 Å². The second kappa shape index (κ2) is 5.95. The van der Waals surface area contributed by atoms with Gasteiger partial charge in [-0.2, -0.15) is 0 Å². The molecule has 1 aromatic carbocycles. The molecule has 0 N–H and O–H groups in total. The Balaban J connectivity index is 2.13. The van der Waals surface area contributed by atoms with Gasteiger partial charge in [0.05, 0.1) is 13.3 Å². The van der Waals surface area contributed by atoms with Gasteiger partial charge in [-0.25, -0.2) is 4.98 Å². The van der Waals surface area contributed by atoms with Crippen LogP contribution in [0.3, 0.4) is 0 Å². The summed E-state index contributed by atoms with van der Waals surface area (Å²) in [6, 6.07) is 7.61. The van der Waals surface area contributed by atoms with E-state index >= 15 is 0 Å². The fourth-order valence-corrected chi connectivity index (χ4v) is 1.77. The zero-order valence-corrected chi connectivity index (χ0v) is 10.9. The number of ether oxygens (including phenoxy) is 1. The van der Waals surface area contributed by atoms with E-state index in [1.54, 1.807) is 19.1 Å². The van der Waals surface area contributed by atoms with Gasteiger partial charge in [-0.3, -0.25) is 9.78 Å². The van der Waals surface area contributed by atoms with Crippen molar-refractivity contribution in [1.29, 1.82) is 0 Å². The molecule has 19 heavy (non-hydrogen) atoms. The van der Waals surface area contributed by atoms with Gasteiger partial charge >= 0.3 is 0 Å². The van der Waals surface area contributed by atoms with Crippen LogP contribution in [0.4, 0.5) is 0 Å². The highest BCUT2D eigenvalue weighted by atomic mass is 16.5. The molecule has 0 fully saturated rings. The first kappa shape index (κ1) is 13.0. The highest BCUT2D eigenvalue weighted by Crippen LogP contribution is 2.19. The molecular formula is C14H15N3O2. The zero-order valence-electron chi connectivity index (χ0n) is 10.9. The van der Waals surface area contributed by atoms with Crippen LogP contribution in [0.1, 0.15) is 16.1 Å². The molecule has 0 spiro atoms. The third-order valence-electron chi connectivity index (χ3n) is 2.73. The van der Waals surface area contributed by atoms with Crippen LogP contribution in [0.25, 0.3) is 0 Å². The molecule has 1 aromatic heterocycles. The predicted octanol–water partition coefficient (Wildman–Crippen LogP) is 1.76. The van der Waals surface area contributed by atoms with Gasteiger partial charge in [0.15, 0.2) is 0 Å². The molecule has 0 saturated carbocycles. The van der Waals surface area contributed by atoms with E-state index in [0.29, 0.717) is 12.2 Å². The summed E-state index contributed by atoms with van der Waals surface area (Å²) in [5.41, 5.74) is 1.28. The number of benzene rings is 1. The average molecular weight is 257 g/mol. The maximum Gasteiger partial charge on any atom is 0.274 e. The van der Waals surface area contributed by atoms with Crippen molar-refractivity contribution in [1.82, 2.24) is 14.9 Å². The van der Waals surface area contributed by atoms with Gasteiger partial charge in [-0.15, -0.1) is 0 Å². The summed E-state index contributed by atoms with van der Waals surface area (Å²) in [6.07, 6.45) is 4.50. The maximum atomic E-state index is 12.1. The van der Waals surface area contributed by atoms with Gasteiger partial charge in [0.25, 0.3) is 5.91 Å². The molecule has 1 heterocycles. The quantitative estimate of drug-likeness (QED) is 0.837. The summed E-state index contributed by atoms with van der Waals surface area (Å²) < 4.78 is 5.27. The minimum absolute atomic E-state index is 0.168. The smallest absolute Gasteiger partial charge is 0.274 e. The zero-order chi connectivity index (χ0) is 13.7. The number of methoxy groups -OCH3 is 1. The minimum Gasteiger partial charge on any atom is -0.496 e. The van der Waals surface area contributed by atoms with Crippen molar-refractivity contribution in [3.8, 4) is 5.75 Å². The van der Waals surface area contributed by atoms with E-state index < -0.39 is 0 Å². The van der Waals surface area contributed by atoms with E-state index in [4.69, 9.17) is 4.74 Å². The topological polar surface area (TPSA) is 55.3 Å². The van der Waals surface area contributed by atoms with Crippen LogP contribution in [-0.2, 0) is 6.54 Å². The van der Waals surface area contributed by atoms with E-state index in [1.807, 2.05) is 24.3 Å². The summed E-state index contributed by atoms with van der Waals surface area (Å²) >= 11 is 0. The molecule has 0 unspecified atom stereocenters. The number of nitrogens with zero attached hydrogens (tertiary/aromatic N) is 3. The first-order chi connectivity index (χ1) is 9.22. The van der Waals surface area contributed by atoms with Crippen molar-refractivity contribution in [2.24, 2.45) is 0 Å². The molecule has 0 aliphatic rings. The predicted molar refractivity (Wildman–Crippen MR) is 70.8 cm³/mol. The van der Waals surface area contributed by atoms with E-state index in [2.05, 4.69) is 9.97 Å². The number of carbonyl (C=O) groups is 1. The summed E-state index contributed by atoms with van der Waals surface area (Å²) in [5, 5.41) is 0. The Morgan fingerprint density at radius 1 is 1.32 bits per heavy atom. The number of amides is 1. The summed E-state index contributed by atoms with van der Waals surface area (Å²) in [7, 11) is 3.34. The molecule has 0 saturated heterocycles. The molecule has 0 radical (unpaired) electrons. The molecule has 0 aliphatic heterocycles. The highest BCUT2D eigenvalue weighted by molar-refractivity contribution is 5.91. The van der Waals surface area contributed by atoms with E-state index in [-0.39, 0.29) is 5.91 Å². The van der Waals surface area contributed by atoms with E-state index in [0.717, 1.165) is 11.3 Å². The van der Waals surface area contributed by atoms with E-state index in [9.17, 15) is 4.79 Å². The molecule has 1 amide bonds. The molecule has 2 rings (SSSR count). The summed E-state index contributed by atoms with van der Waals surface area (Å²) in [4.78, 5) is 21.6. The molecule has 98 valence electrons. The molecule has 2 aromatic rings. The summed E-state index contributed by atoms with van der Waals surface area (Å²) in [6.45, 7) is 0.458. The van der Waals surface area contributed by atoms with Crippen molar-refractivity contribution in [3.63, 3.8) is 0 Å². The molecule has 5 heteroatoms. The number of aromatic nitrogens is 2. The van der Waals surface area contributed by atoms with Crippen molar-refractivity contribution in [2.45, 2.75) is 6.54 Å². The van der Waals surface area contributed by atoms with Crippen molar-refractivity contribution in [2.75, 3.05) is 14.2 Å². The third-order valence-corrected chi connectivity index (χ3v) is 2.73. The number of hydrogen-bond donors (Lipinski definition) is 0. The number of hydrogen-bond acceptors (Lipinski definition) is 4. The fraction of sp³-hybridized carbons (Fsp3) is 0.214. The number of carbonyl (C=O) groups excluding carboxylic acids is 1. The van der Waals surface area contributed by atoms with Crippen LogP contribution >= 0.6 is 0 Å². The fourth-order valence-electron chi connectivity index (χ4n) is 1.77. The minimum atomic E-state index is -0.168. The summed E-state index contributed by atoms with van der Waals surface area (Å²) in [5.74, 6) is 0.598. The Hall–Kier alpha value is -2.43. The van der Waals surface area contributed by atoms with Gasteiger partial charge in [0, 0.05) is 31.5 Å². The lowest BCUT2D eigenvalue weighted by Crippen LogP contribution is -2.27. The second-order valence-electron chi connectivity index (χ2n) is 4.06. The van der Waals surface area contributed by atoms with Crippen LogP contribution in [0, 0.1) is 0 Å². The molecule has 0 aliphatic carbocycles. The van der Waals surface area contributed by atoms with E-state index in [1.165, 1.54) is 18.6 Å². The van der Waals surface area contributed by atoms with Crippen molar-refractivity contribution >= 4 is 5.91 Å². The number of rotatable bonds is 4. The van der Waals surface area contributed by atoms with Crippen LogP contribution in [0.5, 0.6) is 5.75 Å². The Morgan fingerprint density at radius 3 is 2.79 bits per heavy atom. The van der Waals surface area contributed by atoms with Crippen LogP contribution in [-0.4, -0.2) is 34.9 Å².